The van der Waals surface area contributed by atoms with Gasteiger partial charge in [0.1, 0.15) is 5.82 Å². The fourth-order valence-electron chi connectivity index (χ4n) is 3.15. The minimum Gasteiger partial charge on any atom is -0.373 e. The molecule has 2 aliphatic rings. The van der Waals surface area contributed by atoms with E-state index in [9.17, 15) is 4.79 Å². The number of aromatic nitrogens is 1. The maximum absolute atomic E-state index is 12.5. The number of nitrogens with one attached hydrogen (secondary N) is 2. The Morgan fingerprint density at radius 1 is 1.38 bits per heavy atom. The van der Waals surface area contributed by atoms with Crippen LogP contribution in [0.5, 0.6) is 0 Å². The van der Waals surface area contributed by atoms with Crippen molar-refractivity contribution in [3.8, 4) is 0 Å². The lowest BCUT2D eigenvalue weighted by Gasteiger charge is -2.20. The lowest BCUT2D eigenvalue weighted by molar-refractivity contribution is 0.0841. The van der Waals surface area contributed by atoms with Crippen LogP contribution in [-0.4, -0.2) is 36.2 Å². The monoisotopic (exact) mass is 289 g/mol. The van der Waals surface area contributed by atoms with E-state index in [0.717, 1.165) is 30.8 Å². The van der Waals surface area contributed by atoms with Crippen molar-refractivity contribution in [1.29, 1.82) is 0 Å². The number of fused-ring (bicyclic) bond motifs is 2. The molecule has 5 nitrogen and oxygen atoms in total. The largest absolute Gasteiger partial charge is 0.373 e. The Morgan fingerprint density at radius 2 is 2.19 bits per heavy atom. The summed E-state index contributed by atoms with van der Waals surface area (Å²) in [6, 6.07) is 3.84. The van der Waals surface area contributed by atoms with E-state index in [-0.39, 0.29) is 24.0 Å². The van der Waals surface area contributed by atoms with Crippen LogP contribution in [0.2, 0.25) is 0 Å². The molecule has 21 heavy (non-hydrogen) atoms. The number of pyridine rings is 1. The van der Waals surface area contributed by atoms with Gasteiger partial charge in [0, 0.05) is 18.3 Å². The number of rotatable bonds is 4. The fourth-order valence-corrected chi connectivity index (χ4v) is 3.15. The van der Waals surface area contributed by atoms with E-state index in [1.54, 1.807) is 6.07 Å². The van der Waals surface area contributed by atoms with E-state index in [1.807, 2.05) is 13.1 Å². The minimum atomic E-state index is -0.0306. The van der Waals surface area contributed by atoms with Gasteiger partial charge in [-0.2, -0.15) is 0 Å². The topological polar surface area (TPSA) is 63.2 Å². The molecule has 2 bridgehead atoms. The first kappa shape index (κ1) is 14.3. The molecule has 2 saturated heterocycles. The highest BCUT2D eigenvalue weighted by molar-refractivity contribution is 5.95. The van der Waals surface area contributed by atoms with E-state index in [2.05, 4.69) is 29.5 Å². The minimum absolute atomic E-state index is 0.0306. The zero-order valence-corrected chi connectivity index (χ0v) is 12.8. The fraction of sp³-hybridized carbons (Fsp3) is 0.625. The summed E-state index contributed by atoms with van der Waals surface area (Å²) in [7, 11) is 1.82. The van der Waals surface area contributed by atoms with Gasteiger partial charge in [-0.15, -0.1) is 0 Å². The summed E-state index contributed by atoms with van der Waals surface area (Å²) in [4.78, 5) is 17.0. The van der Waals surface area contributed by atoms with Crippen LogP contribution >= 0.6 is 0 Å². The molecule has 3 heterocycles. The maximum atomic E-state index is 12.5. The lowest BCUT2D eigenvalue weighted by atomic mass is 9.95. The summed E-state index contributed by atoms with van der Waals surface area (Å²) >= 11 is 0. The Kier molecular flexibility index (Phi) is 3.85. The molecule has 1 aromatic heterocycles. The van der Waals surface area contributed by atoms with Gasteiger partial charge in [-0.05, 0) is 37.3 Å². The van der Waals surface area contributed by atoms with Gasteiger partial charge in [0.2, 0.25) is 0 Å². The van der Waals surface area contributed by atoms with Gasteiger partial charge in [0.25, 0.3) is 5.91 Å². The molecule has 0 spiro atoms. The van der Waals surface area contributed by atoms with E-state index in [0.29, 0.717) is 11.7 Å². The van der Waals surface area contributed by atoms with Crippen molar-refractivity contribution in [3.05, 3.63) is 23.4 Å². The highest BCUT2D eigenvalue weighted by atomic mass is 16.5. The zero-order chi connectivity index (χ0) is 15.0. The van der Waals surface area contributed by atoms with Crippen molar-refractivity contribution >= 4 is 11.7 Å². The van der Waals surface area contributed by atoms with Crippen LogP contribution in [0, 0.1) is 0 Å². The maximum Gasteiger partial charge on any atom is 0.251 e. The van der Waals surface area contributed by atoms with Crippen LogP contribution in [0.4, 0.5) is 5.82 Å². The number of anilines is 1. The molecule has 2 N–H and O–H groups in total. The third-order valence-electron chi connectivity index (χ3n) is 4.38. The number of nitrogens with zero attached hydrogens (tertiary/aromatic N) is 1. The molecule has 114 valence electrons. The molecule has 0 aliphatic carbocycles. The molecule has 1 aromatic rings. The van der Waals surface area contributed by atoms with Crippen molar-refractivity contribution in [2.75, 3.05) is 12.4 Å². The normalized spacial score (nSPS) is 27.1. The first-order valence-corrected chi connectivity index (χ1v) is 7.73. The second kappa shape index (κ2) is 5.64. The van der Waals surface area contributed by atoms with Crippen molar-refractivity contribution in [3.63, 3.8) is 0 Å². The number of carbonyl (C=O) groups is 1. The molecule has 0 saturated carbocycles. The standard InChI is InChI=1S/C16H23N3O2/c1-9(2)12-6-10(7-15(17-3)18-12)16(20)19-13-8-11-4-5-14(13)21-11/h6-7,9,11,13-14H,4-5,8H2,1-3H3,(H,17,18)(H,19,20). The summed E-state index contributed by atoms with van der Waals surface area (Å²) in [6.45, 7) is 4.15. The van der Waals surface area contributed by atoms with E-state index in [4.69, 9.17) is 4.74 Å². The molecular formula is C16H23N3O2. The van der Waals surface area contributed by atoms with Gasteiger partial charge in [0.05, 0.1) is 18.2 Å². The number of carbonyl (C=O) groups excluding carboxylic acids is 1. The first-order valence-electron chi connectivity index (χ1n) is 7.73. The Morgan fingerprint density at radius 3 is 2.76 bits per heavy atom. The number of hydrogen-bond acceptors (Lipinski definition) is 4. The van der Waals surface area contributed by atoms with Gasteiger partial charge in [0.15, 0.2) is 0 Å². The van der Waals surface area contributed by atoms with Crippen molar-refractivity contribution < 1.29 is 9.53 Å². The third-order valence-corrected chi connectivity index (χ3v) is 4.38. The predicted molar refractivity (Wildman–Crippen MR) is 81.6 cm³/mol. The van der Waals surface area contributed by atoms with Crippen LogP contribution in [-0.2, 0) is 4.74 Å². The van der Waals surface area contributed by atoms with Gasteiger partial charge in [-0.3, -0.25) is 4.79 Å². The van der Waals surface area contributed by atoms with Crippen molar-refractivity contribution in [2.45, 2.75) is 57.3 Å². The quantitative estimate of drug-likeness (QED) is 0.892. The van der Waals surface area contributed by atoms with E-state index < -0.39 is 0 Å². The van der Waals surface area contributed by atoms with E-state index >= 15 is 0 Å². The first-order chi connectivity index (χ1) is 10.1. The average Bonchev–Trinajstić information content (AvgIpc) is 3.09. The molecule has 2 fully saturated rings. The van der Waals surface area contributed by atoms with Gasteiger partial charge < -0.3 is 15.4 Å². The Labute approximate surface area is 125 Å². The molecule has 2 aliphatic heterocycles. The van der Waals surface area contributed by atoms with Crippen LogP contribution in [0.25, 0.3) is 0 Å². The molecule has 0 radical (unpaired) electrons. The molecule has 3 unspecified atom stereocenters. The van der Waals surface area contributed by atoms with Gasteiger partial charge >= 0.3 is 0 Å². The molecule has 0 aromatic carbocycles. The van der Waals surface area contributed by atoms with Crippen LogP contribution < -0.4 is 10.6 Å². The van der Waals surface area contributed by atoms with Gasteiger partial charge in [-0.25, -0.2) is 4.98 Å². The van der Waals surface area contributed by atoms with Crippen LogP contribution in [0.1, 0.15) is 55.1 Å². The second-order valence-electron chi connectivity index (χ2n) is 6.26. The molecule has 1 amide bonds. The predicted octanol–water partition coefficient (Wildman–Crippen LogP) is 2.30. The number of hydrogen-bond donors (Lipinski definition) is 2. The number of amides is 1. The summed E-state index contributed by atoms with van der Waals surface area (Å²) < 4.78 is 5.79. The smallest absolute Gasteiger partial charge is 0.251 e. The lowest BCUT2D eigenvalue weighted by Crippen LogP contribution is -2.41. The van der Waals surface area contributed by atoms with Crippen molar-refractivity contribution in [2.24, 2.45) is 0 Å². The number of ether oxygens (including phenoxy) is 1. The average molecular weight is 289 g/mol. The molecular weight excluding hydrogens is 266 g/mol. The van der Waals surface area contributed by atoms with Crippen molar-refractivity contribution in [1.82, 2.24) is 10.3 Å². The molecule has 3 atom stereocenters. The van der Waals surface area contributed by atoms with Crippen LogP contribution in [0.3, 0.4) is 0 Å². The summed E-state index contributed by atoms with van der Waals surface area (Å²) in [5.41, 5.74) is 1.59. The Balaban J connectivity index is 1.76. The summed E-state index contributed by atoms with van der Waals surface area (Å²) in [5.74, 6) is 0.989. The summed E-state index contributed by atoms with van der Waals surface area (Å²) in [5, 5.41) is 6.15. The summed E-state index contributed by atoms with van der Waals surface area (Å²) in [6.07, 6.45) is 3.68. The Bertz CT molecular complexity index is 544. The second-order valence-corrected chi connectivity index (χ2v) is 6.26. The molecule has 3 rings (SSSR count). The zero-order valence-electron chi connectivity index (χ0n) is 12.8. The van der Waals surface area contributed by atoms with Crippen LogP contribution in [0.15, 0.2) is 12.1 Å². The highest BCUT2D eigenvalue weighted by Crippen LogP contribution is 2.34. The van der Waals surface area contributed by atoms with Gasteiger partial charge in [-0.1, -0.05) is 13.8 Å². The highest BCUT2D eigenvalue weighted by Gasteiger charge is 2.41. The Hall–Kier alpha value is -1.62. The molecule has 5 heteroatoms. The SMILES string of the molecule is CNc1cc(C(=O)NC2CC3CCC2O3)cc(C(C)C)n1. The third kappa shape index (κ3) is 2.88. The van der Waals surface area contributed by atoms with E-state index in [1.165, 1.54) is 0 Å².